The number of hydrogen-bond donors (Lipinski definition) is 0. The third-order valence-corrected chi connectivity index (χ3v) is 7.29. The third-order valence-electron chi connectivity index (χ3n) is 4.54. The van der Waals surface area contributed by atoms with Gasteiger partial charge < -0.3 is 9.64 Å². The molecule has 1 aliphatic rings. The van der Waals surface area contributed by atoms with E-state index in [-0.39, 0.29) is 5.75 Å². The van der Waals surface area contributed by atoms with Crippen molar-refractivity contribution in [3.63, 3.8) is 0 Å². The van der Waals surface area contributed by atoms with Gasteiger partial charge in [0, 0.05) is 32.0 Å². The highest BCUT2D eigenvalue weighted by molar-refractivity contribution is 7.92. The van der Waals surface area contributed by atoms with Crippen molar-refractivity contribution >= 4 is 15.7 Å². The molecule has 0 radical (unpaired) electrons. The van der Waals surface area contributed by atoms with Gasteiger partial charge in [0.05, 0.1) is 10.5 Å². The predicted octanol–water partition coefficient (Wildman–Crippen LogP) is 1.73. The molecule has 6 nitrogen and oxygen atoms in total. The second-order valence-corrected chi connectivity index (χ2v) is 8.35. The largest absolute Gasteiger partial charge is 0.377 e. The van der Waals surface area contributed by atoms with Crippen LogP contribution in [0.15, 0.2) is 6.07 Å². The maximum Gasteiger partial charge on any atom is 0.159 e. The number of methoxy groups -OCH3 is 1. The molecular weight excluding hydrogens is 302 g/mol. The first kappa shape index (κ1) is 17.1. The van der Waals surface area contributed by atoms with Crippen molar-refractivity contribution in [1.82, 2.24) is 9.97 Å². The van der Waals surface area contributed by atoms with E-state index >= 15 is 0 Å². The lowest BCUT2D eigenvalue weighted by atomic mass is 10.0. The Morgan fingerprint density at radius 2 is 2.00 bits per heavy atom. The fraction of sp³-hybridized carbons (Fsp3) is 0.733. The first-order valence-electron chi connectivity index (χ1n) is 7.68. The smallest absolute Gasteiger partial charge is 0.159 e. The SMILES string of the molecule is CCC1(CC)CN(c2cc(C)nc(COC)n2)CCS1(=O)=O. The molecule has 1 aromatic rings. The lowest BCUT2D eigenvalue weighted by molar-refractivity contribution is 0.177. The van der Waals surface area contributed by atoms with E-state index in [4.69, 9.17) is 4.74 Å². The van der Waals surface area contributed by atoms with Gasteiger partial charge in [0.1, 0.15) is 12.4 Å². The van der Waals surface area contributed by atoms with Crippen molar-refractivity contribution in [2.45, 2.75) is 45.0 Å². The summed E-state index contributed by atoms with van der Waals surface area (Å²) in [7, 11) is -1.46. The van der Waals surface area contributed by atoms with Crippen molar-refractivity contribution in [2.75, 3.05) is 30.9 Å². The Kier molecular flexibility index (Phi) is 5.07. The van der Waals surface area contributed by atoms with Gasteiger partial charge in [0.2, 0.25) is 0 Å². The van der Waals surface area contributed by atoms with Gasteiger partial charge in [0.15, 0.2) is 15.7 Å². The second-order valence-electron chi connectivity index (χ2n) is 5.85. The predicted molar refractivity (Wildman–Crippen MR) is 86.8 cm³/mol. The molecule has 1 saturated heterocycles. The zero-order chi connectivity index (χ0) is 16.4. The zero-order valence-corrected chi connectivity index (χ0v) is 14.6. The van der Waals surface area contributed by atoms with Crippen LogP contribution in [0.3, 0.4) is 0 Å². The van der Waals surface area contributed by atoms with Crippen LogP contribution >= 0.6 is 0 Å². The normalized spacial score (nSPS) is 20.1. The minimum Gasteiger partial charge on any atom is -0.377 e. The van der Waals surface area contributed by atoms with E-state index in [9.17, 15) is 8.42 Å². The molecule has 0 amide bonds. The average Bonchev–Trinajstić information content (AvgIpc) is 2.47. The molecule has 0 spiro atoms. The average molecular weight is 327 g/mol. The van der Waals surface area contributed by atoms with Crippen molar-refractivity contribution in [3.8, 4) is 0 Å². The summed E-state index contributed by atoms with van der Waals surface area (Å²) in [4.78, 5) is 10.9. The standard InChI is InChI=1S/C15H25N3O3S/c1-5-15(6-2)11-18(7-8-22(15,19)20)14-9-12(3)16-13(17-14)10-21-4/h9H,5-8,10-11H2,1-4H3. The molecule has 1 aliphatic heterocycles. The second kappa shape index (κ2) is 6.50. The topological polar surface area (TPSA) is 72.4 Å². The van der Waals surface area contributed by atoms with E-state index in [2.05, 4.69) is 14.9 Å². The highest BCUT2D eigenvalue weighted by Gasteiger charge is 2.45. The molecule has 7 heteroatoms. The molecule has 0 saturated carbocycles. The molecule has 124 valence electrons. The Bertz CT molecular complexity index is 627. The maximum atomic E-state index is 12.5. The number of aromatic nitrogens is 2. The first-order chi connectivity index (χ1) is 10.4. The van der Waals surface area contributed by atoms with Crippen LogP contribution in [0.25, 0.3) is 0 Å². The summed E-state index contributed by atoms with van der Waals surface area (Å²) in [6.45, 7) is 7.14. The van der Waals surface area contributed by atoms with Crippen LogP contribution in [0.1, 0.15) is 38.2 Å². The number of sulfone groups is 1. The van der Waals surface area contributed by atoms with E-state index in [0.29, 0.717) is 38.4 Å². The van der Waals surface area contributed by atoms with Crippen molar-refractivity contribution < 1.29 is 13.2 Å². The van der Waals surface area contributed by atoms with E-state index in [1.54, 1.807) is 7.11 Å². The highest BCUT2D eigenvalue weighted by atomic mass is 32.2. The minimum absolute atomic E-state index is 0.178. The summed E-state index contributed by atoms with van der Waals surface area (Å²) in [5.41, 5.74) is 0.865. The van der Waals surface area contributed by atoms with Crippen LogP contribution in [0.4, 0.5) is 5.82 Å². The summed E-state index contributed by atoms with van der Waals surface area (Å²) < 4.78 is 29.4. The van der Waals surface area contributed by atoms with Crippen LogP contribution in [0, 0.1) is 6.92 Å². The number of hydrogen-bond acceptors (Lipinski definition) is 6. The Labute approximate surface area is 132 Å². The molecule has 0 atom stereocenters. The monoisotopic (exact) mass is 327 g/mol. The van der Waals surface area contributed by atoms with E-state index in [0.717, 1.165) is 11.5 Å². The van der Waals surface area contributed by atoms with Crippen molar-refractivity contribution in [1.29, 1.82) is 0 Å². The summed E-state index contributed by atoms with van der Waals surface area (Å²) >= 11 is 0. The molecule has 2 heterocycles. The molecule has 1 fully saturated rings. The number of aryl methyl sites for hydroxylation is 1. The van der Waals surface area contributed by atoms with Gasteiger partial charge in [-0.1, -0.05) is 13.8 Å². The van der Waals surface area contributed by atoms with Crippen LogP contribution in [0.5, 0.6) is 0 Å². The van der Waals surface area contributed by atoms with Crippen LogP contribution in [-0.2, 0) is 21.2 Å². The fourth-order valence-corrected chi connectivity index (χ4v) is 5.17. The van der Waals surface area contributed by atoms with Gasteiger partial charge in [0.25, 0.3) is 0 Å². The fourth-order valence-electron chi connectivity index (χ4n) is 3.05. The molecule has 0 unspecified atom stereocenters. The third kappa shape index (κ3) is 3.10. The highest BCUT2D eigenvalue weighted by Crippen LogP contribution is 2.33. The first-order valence-corrected chi connectivity index (χ1v) is 9.33. The van der Waals surface area contributed by atoms with Crippen LogP contribution in [-0.4, -0.2) is 49.1 Å². The van der Waals surface area contributed by atoms with Gasteiger partial charge in [-0.05, 0) is 19.8 Å². The lowest BCUT2D eigenvalue weighted by Crippen LogP contribution is -2.56. The lowest BCUT2D eigenvalue weighted by Gasteiger charge is -2.42. The summed E-state index contributed by atoms with van der Waals surface area (Å²) in [6.07, 6.45) is 1.24. The Morgan fingerprint density at radius 1 is 1.32 bits per heavy atom. The van der Waals surface area contributed by atoms with Gasteiger partial charge in [-0.25, -0.2) is 18.4 Å². The molecule has 0 aromatic carbocycles. The molecule has 2 rings (SSSR count). The van der Waals surface area contributed by atoms with E-state index in [1.807, 2.05) is 26.8 Å². The van der Waals surface area contributed by atoms with Crippen molar-refractivity contribution in [3.05, 3.63) is 17.6 Å². The summed E-state index contributed by atoms with van der Waals surface area (Å²) in [6, 6.07) is 1.91. The molecule has 22 heavy (non-hydrogen) atoms. The number of ether oxygens (including phenoxy) is 1. The van der Waals surface area contributed by atoms with Gasteiger partial charge >= 0.3 is 0 Å². The van der Waals surface area contributed by atoms with Crippen LogP contribution < -0.4 is 4.90 Å². The van der Waals surface area contributed by atoms with E-state index in [1.165, 1.54) is 0 Å². The van der Waals surface area contributed by atoms with Gasteiger partial charge in [-0.15, -0.1) is 0 Å². The Balaban J connectivity index is 2.35. The number of anilines is 1. The Morgan fingerprint density at radius 3 is 2.59 bits per heavy atom. The summed E-state index contributed by atoms with van der Waals surface area (Å²) in [5, 5.41) is 0. The molecule has 0 aliphatic carbocycles. The van der Waals surface area contributed by atoms with E-state index < -0.39 is 14.6 Å². The molecule has 0 bridgehead atoms. The number of rotatable bonds is 5. The molecular formula is C15H25N3O3S. The van der Waals surface area contributed by atoms with Gasteiger partial charge in [-0.3, -0.25) is 0 Å². The van der Waals surface area contributed by atoms with Crippen molar-refractivity contribution in [2.24, 2.45) is 0 Å². The van der Waals surface area contributed by atoms with Crippen LogP contribution in [0.2, 0.25) is 0 Å². The van der Waals surface area contributed by atoms with Gasteiger partial charge in [-0.2, -0.15) is 0 Å². The molecule has 1 aromatic heterocycles. The zero-order valence-electron chi connectivity index (χ0n) is 13.8. The Hall–Kier alpha value is -1.21. The maximum absolute atomic E-state index is 12.5. The quantitative estimate of drug-likeness (QED) is 0.820. The number of nitrogens with zero attached hydrogens (tertiary/aromatic N) is 3. The minimum atomic E-state index is -3.07. The molecule has 0 N–H and O–H groups in total. The summed E-state index contributed by atoms with van der Waals surface area (Å²) in [5.74, 6) is 1.60.